The summed E-state index contributed by atoms with van der Waals surface area (Å²) >= 11 is 3.54. The Balaban J connectivity index is 2.54. The first kappa shape index (κ1) is 10.6. The second-order valence-electron chi connectivity index (χ2n) is 2.63. The molecule has 1 amide bonds. The molecule has 5 heteroatoms. The Labute approximate surface area is 94.4 Å². The molecule has 1 rings (SSSR count). The molecule has 0 aromatic carbocycles. The fraction of sp³-hybridized carbons (Fsp3) is 0.250. The van der Waals surface area contributed by atoms with E-state index >= 15 is 0 Å². The molecule has 1 aromatic rings. The molecule has 13 heavy (non-hydrogen) atoms. The fourth-order valence-electron chi connectivity index (χ4n) is 0.678. The van der Waals surface area contributed by atoms with Gasteiger partial charge < -0.3 is 5.32 Å². The Hall–Kier alpha value is -0.430. The minimum absolute atomic E-state index is 0.137. The Morgan fingerprint density at radius 2 is 2.54 bits per heavy atom. The van der Waals surface area contributed by atoms with Crippen molar-refractivity contribution in [3.05, 3.63) is 26.2 Å². The van der Waals surface area contributed by atoms with Gasteiger partial charge in [0.1, 0.15) is 5.69 Å². The highest BCUT2D eigenvalue weighted by Crippen LogP contribution is 2.11. The van der Waals surface area contributed by atoms with Crippen molar-refractivity contribution in [3.63, 3.8) is 0 Å². The number of aromatic nitrogens is 1. The summed E-state index contributed by atoms with van der Waals surface area (Å²) in [6.45, 7) is 6.06. The first-order valence-corrected chi connectivity index (χ1v) is 5.59. The predicted molar refractivity (Wildman–Crippen MR) is 62.0 cm³/mol. The number of nitrogens with zero attached hydrogens (tertiary/aromatic N) is 1. The van der Waals surface area contributed by atoms with Crippen molar-refractivity contribution in [3.8, 4) is 0 Å². The molecule has 0 unspecified atom stereocenters. The fourth-order valence-corrected chi connectivity index (χ4v) is 1.84. The number of hydrogen-bond donors (Lipinski definition) is 1. The molecule has 0 bridgehead atoms. The standard InChI is InChI=1S/C8H9IN2OS/c1-5(2)3-10-7(12)6-4-13-8(9)11-6/h4H,1,3H2,2H3,(H,10,12). The zero-order chi connectivity index (χ0) is 9.84. The van der Waals surface area contributed by atoms with E-state index in [1.165, 1.54) is 11.3 Å². The largest absolute Gasteiger partial charge is 0.347 e. The lowest BCUT2D eigenvalue weighted by Crippen LogP contribution is -2.25. The number of halogens is 1. The van der Waals surface area contributed by atoms with Crippen molar-refractivity contribution in [2.45, 2.75) is 6.92 Å². The second kappa shape index (κ2) is 4.71. The van der Waals surface area contributed by atoms with Gasteiger partial charge in [-0.05, 0) is 29.5 Å². The van der Waals surface area contributed by atoms with E-state index in [-0.39, 0.29) is 5.91 Å². The number of carbonyl (C=O) groups excluding carboxylic acids is 1. The summed E-state index contributed by atoms with van der Waals surface area (Å²) in [6.07, 6.45) is 0. The van der Waals surface area contributed by atoms with Crippen molar-refractivity contribution >= 4 is 39.8 Å². The van der Waals surface area contributed by atoms with E-state index in [2.05, 4.69) is 39.5 Å². The molecule has 1 heterocycles. The normalized spacial score (nSPS) is 9.69. The molecule has 0 aliphatic heterocycles. The number of amides is 1. The Kier molecular flexibility index (Phi) is 3.86. The molecule has 0 fully saturated rings. The van der Waals surface area contributed by atoms with Gasteiger partial charge in [-0.25, -0.2) is 4.98 Å². The van der Waals surface area contributed by atoms with Crippen LogP contribution in [0.1, 0.15) is 17.4 Å². The number of rotatable bonds is 3. The van der Waals surface area contributed by atoms with Gasteiger partial charge in [0.05, 0.1) is 0 Å². The molecule has 70 valence electrons. The molecule has 0 saturated carbocycles. The molecule has 1 aromatic heterocycles. The maximum Gasteiger partial charge on any atom is 0.271 e. The molecular weight excluding hydrogens is 299 g/mol. The predicted octanol–water partition coefficient (Wildman–Crippen LogP) is 2.05. The van der Waals surface area contributed by atoms with Crippen LogP contribution in [0.2, 0.25) is 0 Å². The van der Waals surface area contributed by atoms with Crippen LogP contribution < -0.4 is 5.32 Å². The molecule has 0 saturated heterocycles. The third-order valence-electron chi connectivity index (χ3n) is 1.26. The summed E-state index contributed by atoms with van der Waals surface area (Å²) in [5, 5.41) is 4.46. The average Bonchev–Trinajstić information content (AvgIpc) is 2.47. The van der Waals surface area contributed by atoms with Crippen LogP contribution in [0.3, 0.4) is 0 Å². The Morgan fingerprint density at radius 3 is 3.00 bits per heavy atom. The average molecular weight is 308 g/mol. The van der Waals surface area contributed by atoms with Gasteiger partial charge in [-0.1, -0.05) is 12.2 Å². The van der Waals surface area contributed by atoms with Gasteiger partial charge >= 0.3 is 0 Å². The number of nitrogens with one attached hydrogen (secondary N) is 1. The lowest BCUT2D eigenvalue weighted by Gasteiger charge is -2.00. The molecule has 0 aliphatic carbocycles. The summed E-state index contributed by atoms with van der Waals surface area (Å²) in [7, 11) is 0. The van der Waals surface area contributed by atoms with Gasteiger partial charge in [-0.2, -0.15) is 0 Å². The quantitative estimate of drug-likeness (QED) is 0.686. The summed E-state index contributed by atoms with van der Waals surface area (Å²) < 4.78 is 0.873. The van der Waals surface area contributed by atoms with E-state index in [1.807, 2.05) is 6.92 Å². The third kappa shape index (κ3) is 3.43. The highest BCUT2D eigenvalue weighted by molar-refractivity contribution is 14.1. The van der Waals surface area contributed by atoms with Crippen LogP contribution in [0.15, 0.2) is 17.5 Å². The van der Waals surface area contributed by atoms with E-state index in [4.69, 9.17) is 0 Å². The topological polar surface area (TPSA) is 42.0 Å². The van der Waals surface area contributed by atoms with E-state index < -0.39 is 0 Å². The minimum Gasteiger partial charge on any atom is -0.347 e. The molecule has 0 spiro atoms. The number of carbonyl (C=O) groups is 1. The minimum atomic E-state index is -0.137. The van der Waals surface area contributed by atoms with E-state index in [0.29, 0.717) is 12.2 Å². The second-order valence-corrected chi connectivity index (χ2v) is 5.24. The zero-order valence-electron chi connectivity index (χ0n) is 7.13. The van der Waals surface area contributed by atoms with Gasteiger partial charge in [0, 0.05) is 11.9 Å². The van der Waals surface area contributed by atoms with Gasteiger partial charge in [0.25, 0.3) is 5.91 Å². The molecule has 0 radical (unpaired) electrons. The third-order valence-corrected chi connectivity index (χ3v) is 2.89. The van der Waals surface area contributed by atoms with Crippen molar-refractivity contribution in [2.24, 2.45) is 0 Å². The summed E-state index contributed by atoms with van der Waals surface area (Å²) in [5.41, 5.74) is 1.41. The van der Waals surface area contributed by atoms with E-state index in [1.54, 1.807) is 5.38 Å². The SMILES string of the molecule is C=C(C)CNC(=O)c1csc(I)n1. The highest BCUT2D eigenvalue weighted by atomic mass is 127. The number of thiazole rings is 1. The van der Waals surface area contributed by atoms with E-state index in [9.17, 15) is 4.79 Å². The van der Waals surface area contributed by atoms with Gasteiger partial charge in [0.15, 0.2) is 3.01 Å². The van der Waals surface area contributed by atoms with Gasteiger partial charge in [-0.15, -0.1) is 11.3 Å². The summed E-state index contributed by atoms with van der Waals surface area (Å²) in [4.78, 5) is 15.4. The highest BCUT2D eigenvalue weighted by Gasteiger charge is 2.08. The van der Waals surface area contributed by atoms with Crippen LogP contribution in [-0.2, 0) is 0 Å². The van der Waals surface area contributed by atoms with Gasteiger partial charge in [-0.3, -0.25) is 4.79 Å². The molecule has 3 nitrogen and oxygen atoms in total. The monoisotopic (exact) mass is 308 g/mol. The summed E-state index contributed by atoms with van der Waals surface area (Å²) in [6, 6.07) is 0. The molecule has 0 aliphatic rings. The molecule has 0 atom stereocenters. The van der Waals surface area contributed by atoms with Crippen molar-refractivity contribution in [1.29, 1.82) is 0 Å². The maximum atomic E-state index is 11.4. The van der Waals surface area contributed by atoms with E-state index in [0.717, 1.165) is 8.59 Å². The van der Waals surface area contributed by atoms with Crippen molar-refractivity contribution in [1.82, 2.24) is 10.3 Å². The Morgan fingerprint density at radius 1 is 1.85 bits per heavy atom. The van der Waals surface area contributed by atoms with Crippen LogP contribution in [0.4, 0.5) is 0 Å². The number of hydrogen-bond acceptors (Lipinski definition) is 3. The summed E-state index contributed by atoms with van der Waals surface area (Å²) in [5.74, 6) is -0.137. The zero-order valence-corrected chi connectivity index (χ0v) is 10.1. The lowest BCUT2D eigenvalue weighted by molar-refractivity contribution is 0.0952. The smallest absolute Gasteiger partial charge is 0.271 e. The van der Waals surface area contributed by atoms with Crippen LogP contribution in [-0.4, -0.2) is 17.4 Å². The molecule has 1 N–H and O–H groups in total. The Bertz CT molecular complexity index is 335. The first-order chi connectivity index (χ1) is 6.09. The van der Waals surface area contributed by atoms with Gasteiger partial charge in [0.2, 0.25) is 0 Å². The van der Waals surface area contributed by atoms with Crippen LogP contribution in [0.25, 0.3) is 0 Å². The van der Waals surface area contributed by atoms with Crippen LogP contribution >= 0.6 is 33.9 Å². The lowest BCUT2D eigenvalue weighted by atomic mass is 10.3. The maximum absolute atomic E-state index is 11.4. The van der Waals surface area contributed by atoms with Crippen molar-refractivity contribution in [2.75, 3.05) is 6.54 Å². The van der Waals surface area contributed by atoms with Crippen LogP contribution in [0.5, 0.6) is 0 Å². The first-order valence-electron chi connectivity index (χ1n) is 3.63. The van der Waals surface area contributed by atoms with Crippen LogP contribution in [0, 0.1) is 3.01 Å². The van der Waals surface area contributed by atoms with Crippen molar-refractivity contribution < 1.29 is 4.79 Å². The molecular formula is C8H9IN2OS.